The number of para-hydroxylation sites is 1. The molecule has 2 amide bonds. The van der Waals surface area contributed by atoms with Crippen molar-refractivity contribution in [3.63, 3.8) is 0 Å². The zero-order valence-electron chi connectivity index (χ0n) is 11.1. The minimum absolute atomic E-state index is 0.0642. The SMILES string of the molecule is CC1CCC(NC(=O)Nc2c(Br)cccc2C(=O)O)C1. The molecule has 0 aliphatic heterocycles. The van der Waals surface area contributed by atoms with Gasteiger partial charge in [0.1, 0.15) is 0 Å². The Kier molecular flexibility index (Phi) is 4.65. The number of anilines is 1. The number of carboxylic acid groups (broad SMARTS) is 1. The lowest BCUT2D eigenvalue weighted by atomic mass is 10.1. The number of rotatable bonds is 3. The van der Waals surface area contributed by atoms with Crippen LogP contribution in [0.5, 0.6) is 0 Å². The maximum absolute atomic E-state index is 12.0. The molecule has 1 aromatic rings. The van der Waals surface area contributed by atoms with Gasteiger partial charge in [0.2, 0.25) is 0 Å². The van der Waals surface area contributed by atoms with E-state index in [2.05, 4.69) is 33.5 Å². The molecule has 1 saturated carbocycles. The summed E-state index contributed by atoms with van der Waals surface area (Å²) in [4.78, 5) is 23.1. The van der Waals surface area contributed by atoms with Crippen molar-refractivity contribution in [3.8, 4) is 0 Å². The van der Waals surface area contributed by atoms with Crippen molar-refractivity contribution in [2.45, 2.75) is 32.2 Å². The minimum Gasteiger partial charge on any atom is -0.478 e. The molecule has 0 saturated heterocycles. The van der Waals surface area contributed by atoms with E-state index in [1.165, 1.54) is 6.07 Å². The molecule has 0 heterocycles. The fourth-order valence-electron chi connectivity index (χ4n) is 2.50. The first-order chi connectivity index (χ1) is 9.47. The van der Waals surface area contributed by atoms with E-state index in [4.69, 9.17) is 5.11 Å². The van der Waals surface area contributed by atoms with Crippen molar-refractivity contribution in [2.24, 2.45) is 5.92 Å². The van der Waals surface area contributed by atoms with Crippen LogP contribution in [0.25, 0.3) is 0 Å². The molecule has 1 fully saturated rings. The minimum atomic E-state index is -1.07. The number of halogens is 1. The summed E-state index contributed by atoms with van der Waals surface area (Å²) < 4.78 is 0.548. The predicted molar refractivity (Wildman–Crippen MR) is 80.1 cm³/mol. The zero-order chi connectivity index (χ0) is 14.7. The van der Waals surface area contributed by atoms with Crippen LogP contribution in [0, 0.1) is 5.92 Å². The van der Waals surface area contributed by atoms with Crippen LogP contribution in [0.3, 0.4) is 0 Å². The summed E-state index contributed by atoms with van der Waals surface area (Å²) in [5.41, 5.74) is 0.345. The van der Waals surface area contributed by atoms with Crippen molar-refractivity contribution in [1.82, 2.24) is 5.32 Å². The van der Waals surface area contributed by atoms with E-state index in [1.54, 1.807) is 12.1 Å². The summed E-state index contributed by atoms with van der Waals surface area (Å²) in [6, 6.07) is 4.58. The van der Waals surface area contributed by atoms with Crippen molar-refractivity contribution in [1.29, 1.82) is 0 Å². The quantitative estimate of drug-likeness (QED) is 0.788. The lowest BCUT2D eigenvalue weighted by Gasteiger charge is -2.15. The Bertz CT molecular complexity index is 533. The molecule has 1 aliphatic carbocycles. The normalized spacial score (nSPS) is 21.5. The van der Waals surface area contributed by atoms with Gasteiger partial charge in [0.05, 0.1) is 11.3 Å². The van der Waals surface area contributed by atoms with E-state index in [1.807, 2.05) is 0 Å². The van der Waals surface area contributed by atoms with Crippen molar-refractivity contribution >= 4 is 33.6 Å². The van der Waals surface area contributed by atoms with Crippen LogP contribution >= 0.6 is 15.9 Å². The molecular formula is C14H17BrN2O3. The number of hydrogen-bond acceptors (Lipinski definition) is 2. The fraction of sp³-hybridized carbons (Fsp3) is 0.429. The molecule has 2 rings (SSSR count). The molecule has 6 heteroatoms. The molecule has 20 heavy (non-hydrogen) atoms. The van der Waals surface area contributed by atoms with Gasteiger partial charge in [-0.25, -0.2) is 9.59 Å². The Morgan fingerprint density at radius 2 is 2.10 bits per heavy atom. The van der Waals surface area contributed by atoms with Crippen molar-refractivity contribution in [2.75, 3.05) is 5.32 Å². The molecule has 0 bridgehead atoms. The van der Waals surface area contributed by atoms with E-state index < -0.39 is 5.97 Å². The highest BCUT2D eigenvalue weighted by Gasteiger charge is 2.23. The molecule has 0 spiro atoms. The maximum Gasteiger partial charge on any atom is 0.337 e. The molecule has 1 aliphatic rings. The van der Waals surface area contributed by atoms with Crippen LogP contribution in [0.2, 0.25) is 0 Å². The standard InChI is InChI=1S/C14H17BrN2O3/c1-8-5-6-9(7-8)16-14(20)17-12-10(13(18)19)3-2-4-11(12)15/h2-4,8-9H,5-7H2,1H3,(H,18,19)(H2,16,17,20). The van der Waals surface area contributed by atoms with Crippen LogP contribution in [-0.4, -0.2) is 23.1 Å². The summed E-state index contributed by atoms with van der Waals surface area (Å²) in [5, 5.41) is 14.6. The number of benzene rings is 1. The first kappa shape index (κ1) is 14.8. The van der Waals surface area contributed by atoms with Gasteiger partial charge >= 0.3 is 12.0 Å². The van der Waals surface area contributed by atoms with Crippen molar-refractivity contribution < 1.29 is 14.7 Å². The van der Waals surface area contributed by atoms with Crippen LogP contribution in [0.1, 0.15) is 36.5 Å². The first-order valence-corrected chi connectivity index (χ1v) is 7.36. The number of carbonyl (C=O) groups is 2. The van der Waals surface area contributed by atoms with E-state index in [9.17, 15) is 9.59 Å². The monoisotopic (exact) mass is 340 g/mol. The van der Waals surface area contributed by atoms with Crippen molar-refractivity contribution in [3.05, 3.63) is 28.2 Å². The average molecular weight is 341 g/mol. The Morgan fingerprint density at radius 1 is 1.35 bits per heavy atom. The van der Waals surface area contributed by atoms with Gasteiger partial charge in [-0.1, -0.05) is 13.0 Å². The second kappa shape index (κ2) is 6.26. The highest BCUT2D eigenvalue weighted by Crippen LogP contribution is 2.27. The zero-order valence-corrected chi connectivity index (χ0v) is 12.7. The van der Waals surface area contributed by atoms with E-state index in [0.29, 0.717) is 10.4 Å². The predicted octanol–water partition coefficient (Wildman–Crippen LogP) is 3.46. The van der Waals surface area contributed by atoms with Gasteiger partial charge in [-0.15, -0.1) is 0 Å². The van der Waals surface area contributed by atoms with Gasteiger partial charge in [0, 0.05) is 10.5 Å². The molecule has 2 unspecified atom stereocenters. The molecule has 1 aromatic carbocycles. The van der Waals surface area contributed by atoms with Crippen LogP contribution < -0.4 is 10.6 Å². The average Bonchev–Trinajstić information content (AvgIpc) is 2.77. The van der Waals surface area contributed by atoms with Gasteiger partial charge in [0.25, 0.3) is 0 Å². The van der Waals surface area contributed by atoms with Crippen LogP contribution in [-0.2, 0) is 0 Å². The number of hydrogen-bond donors (Lipinski definition) is 3. The Morgan fingerprint density at radius 3 is 2.70 bits per heavy atom. The number of amides is 2. The summed E-state index contributed by atoms with van der Waals surface area (Å²) in [7, 11) is 0. The topological polar surface area (TPSA) is 78.4 Å². The second-order valence-electron chi connectivity index (χ2n) is 5.18. The van der Waals surface area contributed by atoms with E-state index in [0.717, 1.165) is 19.3 Å². The smallest absolute Gasteiger partial charge is 0.337 e. The molecule has 0 aromatic heterocycles. The molecular weight excluding hydrogens is 324 g/mol. The van der Waals surface area contributed by atoms with Gasteiger partial charge < -0.3 is 15.7 Å². The third-order valence-corrected chi connectivity index (χ3v) is 4.17. The summed E-state index contributed by atoms with van der Waals surface area (Å²) >= 11 is 3.26. The van der Waals surface area contributed by atoms with Crippen LogP contribution in [0.15, 0.2) is 22.7 Å². The molecule has 5 nitrogen and oxygen atoms in total. The number of nitrogens with one attached hydrogen (secondary N) is 2. The molecule has 108 valence electrons. The third-order valence-electron chi connectivity index (χ3n) is 3.51. The van der Waals surface area contributed by atoms with Gasteiger partial charge in [0.15, 0.2) is 0 Å². The van der Waals surface area contributed by atoms with E-state index >= 15 is 0 Å². The van der Waals surface area contributed by atoms with E-state index in [-0.39, 0.29) is 23.3 Å². The summed E-state index contributed by atoms with van der Waals surface area (Å²) in [6.07, 6.45) is 3.05. The second-order valence-corrected chi connectivity index (χ2v) is 6.04. The lowest BCUT2D eigenvalue weighted by Crippen LogP contribution is -2.36. The van der Waals surface area contributed by atoms with Gasteiger partial charge in [-0.05, 0) is 53.2 Å². The maximum atomic E-state index is 12.0. The lowest BCUT2D eigenvalue weighted by molar-refractivity contribution is 0.0698. The Hall–Kier alpha value is -1.56. The fourth-order valence-corrected chi connectivity index (χ4v) is 2.97. The number of carbonyl (C=O) groups excluding carboxylic acids is 1. The summed E-state index contributed by atoms with van der Waals surface area (Å²) in [6.45, 7) is 2.16. The first-order valence-electron chi connectivity index (χ1n) is 6.56. The Balaban J connectivity index is 2.06. The highest BCUT2D eigenvalue weighted by atomic mass is 79.9. The highest BCUT2D eigenvalue weighted by molar-refractivity contribution is 9.10. The number of urea groups is 1. The van der Waals surface area contributed by atoms with Gasteiger partial charge in [-0.3, -0.25) is 0 Å². The number of carboxylic acids is 1. The molecule has 3 N–H and O–H groups in total. The molecule has 0 radical (unpaired) electrons. The molecule has 2 atom stereocenters. The van der Waals surface area contributed by atoms with Gasteiger partial charge in [-0.2, -0.15) is 0 Å². The third kappa shape index (κ3) is 3.50. The Labute approximate surface area is 125 Å². The number of aromatic carboxylic acids is 1. The largest absolute Gasteiger partial charge is 0.478 e. The van der Waals surface area contributed by atoms with Crippen LogP contribution in [0.4, 0.5) is 10.5 Å². The summed E-state index contributed by atoms with van der Waals surface area (Å²) in [5.74, 6) is -0.450.